The molecule has 1 nitrogen and oxygen atoms in total. The van der Waals surface area contributed by atoms with Gasteiger partial charge in [-0.15, -0.1) is 0 Å². The lowest BCUT2D eigenvalue weighted by Crippen LogP contribution is -2.20. The maximum Gasteiger partial charge on any atom is 0.123 e. The summed E-state index contributed by atoms with van der Waals surface area (Å²) in [6, 6.07) is 9.33. The fourth-order valence-electron chi connectivity index (χ4n) is 2.89. The summed E-state index contributed by atoms with van der Waals surface area (Å²) in [6.45, 7) is 6.40. The predicted octanol–water partition coefficient (Wildman–Crippen LogP) is 5.02. The molecular formula is C18H21BrFN. The number of halogens is 2. The van der Waals surface area contributed by atoms with E-state index in [2.05, 4.69) is 54.2 Å². The Morgan fingerprint density at radius 2 is 1.71 bits per heavy atom. The summed E-state index contributed by atoms with van der Waals surface area (Å²) < 4.78 is 14.5. The highest BCUT2D eigenvalue weighted by Gasteiger charge is 2.16. The standard InChI is InChI=1S/C18H21BrFN/c1-11-7-12(2)15(13(3)8-11)10-18(21-4)16-9-14(20)5-6-17(16)19/h5-9,18,21H,10H2,1-4H3. The van der Waals surface area contributed by atoms with Crippen LogP contribution in [0.4, 0.5) is 4.39 Å². The van der Waals surface area contributed by atoms with E-state index in [0.717, 1.165) is 16.5 Å². The van der Waals surface area contributed by atoms with Crippen LogP contribution in [0.1, 0.15) is 33.9 Å². The van der Waals surface area contributed by atoms with Gasteiger partial charge in [0.05, 0.1) is 0 Å². The quantitative estimate of drug-likeness (QED) is 0.817. The van der Waals surface area contributed by atoms with E-state index in [9.17, 15) is 4.39 Å². The van der Waals surface area contributed by atoms with Gasteiger partial charge >= 0.3 is 0 Å². The highest BCUT2D eigenvalue weighted by molar-refractivity contribution is 9.10. The van der Waals surface area contributed by atoms with Crippen LogP contribution in [0.25, 0.3) is 0 Å². The summed E-state index contributed by atoms with van der Waals surface area (Å²) in [5, 5.41) is 3.31. The molecule has 2 rings (SSSR count). The van der Waals surface area contributed by atoms with Crippen molar-refractivity contribution in [1.29, 1.82) is 0 Å². The Morgan fingerprint density at radius 1 is 1.10 bits per heavy atom. The maximum absolute atomic E-state index is 13.5. The van der Waals surface area contributed by atoms with Crippen LogP contribution in [0.5, 0.6) is 0 Å². The zero-order chi connectivity index (χ0) is 15.6. The van der Waals surface area contributed by atoms with Crippen molar-refractivity contribution in [2.24, 2.45) is 0 Å². The van der Waals surface area contributed by atoms with E-state index < -0.39 is 0 Å². The van der Waals surface area contributed by atoms with Crippen LogP contribution in [0, 0.1) is 26.6 Å². The average Bonchev–Trinajstić information content (AvgIpc) is 2.41. The maximum atomic E-state index is 13.5. The van der Waals surface area contributed by atoms with Gasteiger partial charge in [0, 0.05) is 10.5 Å². The zero-order valence-corrected chi connectivity index (χ0v) is 14.5. The number of nitrogens with one attached hydrogen (secondary N) is 1. The number of likely N-dealkylation sites (N-methyl/N-ethyl adjacent to an activating group) is 1. The van der Waals surface area contributed by atoms with Gasteiger partial charge in [0.1, 0.15) is 5.82 Å². The lowest BCUT2D eigenvalue weighted by atomic mass is 9.91. The van der Waals surface area contributed by atoms with E-state index in [-0.39, 0.29) is 11.9 Å². The second-order valence-electron chi connectivity index (χ2n) is 5.59. The number of aryl methyl sites for hydroxylation is 3. The topological polar surface area (TPSA) is 12.0 Å². The van der Waals surface area contributed by atoms with Gasteiger partial charge in [-0.05, 0) is 74.7 Å². The summed E-state index contributed by atoms with van der Waals surface area (Å²) >= 11 is 3.53. The fraction of sp³-hybridized carbons (Fsp3) is 0.333. The van der Waals surface area contributed by atoms with Crippen LogP contribution >= 0.6 is 15.9 Å². The van der Waals surface area contributed by atoms with Gasteiger partial charge in [-0.1, -0.05) is 33.6 Å². The number of rotatable bonds is 4. The Bertz CT molecular complexity index is 629. The highest BCUT2D eigenvalue weighted by atomic mass is 79.9. The first-order chi connectivity index (χ1) is 9.92. The summed E-state index contributed by atoms with van der Waals surface area (Å²) in [5.41, 5.74) is 6.15. The minimum absolute atomic E-state index is 0.0789. The van der Waals surface area contributed by atoms with Crippen LogP contribution < -0.4 is 5.32 Å². The number of benzene rings is 2. The molecule has 0 saturated heterocycles. The van der Waals surface area contributed by atoms with Crippen molar-refractivity contribution in [3.63, 3.8) is 0 Å². The van der Waals surface area contributed by atoms with Crippen molar-refractivity contribution < 1.29 is 4.39 Å². The molecule has 21 heavy (non-hydrogen) atoms. The molecule has 3 heteroatoms. The van der Waals surface area contributed by atoms with Crippen molar-refractivity contribution in [2.75, 3.05) is 7.05 Å². The molecule has 1 atom stereocenters. The molecule has 0 aliphatic rings. The summed E-state index contributed by atoms with van der Waals surface area (Å²) in [5.74, 6) is -0.203. The Labute approximate surface area is 134 Å². The normalized spacial score (nSPS) is 12.5. The first-order valence-corrected chi connectivity index (χ1v) is 7.90. The Kier molecular flexibility index (Phi) is 5.17. The number of hydrogen-bond donors (Lipinski definition) is 1. The molecule has 0 saturated carbocycles. The molecule has 0 aliphatic heterocycles. The molecule has 0 spiro atoms. The fourth-order valence-corrected chi connectivity index (χ4v) is 3.41. The Hall–Kier alpha value is -1.19. The molecule has 0 amide bonds. The molecule has 0 heterocycles. The monoisotopic (exact) mass is 349 g/mol. The minimum atomic E-state index is -0.203. The third kappa shape index (κ3) is 3.72. The lowest BCUT2D eigenvalue weighted by Gasteiger charge is -2.21. The van der Waals surface area contributed by atoms with Crippen molar-refractivity contribution in [2.45, 2.75) is 33.2 Å². The molecule has 1 N–H and O–H groups in total. The van der Waals surface area contributed by atoms with E-state index in [1.54, 1.807) is 12.1 Å². The van der Waals surface area contributed by atoms with Crippen molar-refractivity contribution >= 4 is 15.9 Å². The Morgan fingerprint density at radius 3 is 2.29 bits per heavy atom. The van der Waals surface area contributed by atoms with Crippen LogP contribution in [-0.4, -0.2) is 7.05 Å². The van der Waals surface area contributed by atoms with E-state index in [1.807, 2.05) is 7.05 Å². The van der Waals surface area contributed by atoms with Gasteiger partial charge in [0.15, 0.2) is 0 Å². The largest absolute Gasteiger partial charge is 0.313 e. The third-order valence-corrected chi connectivity index (χ3v) is 4.65. The van der Waals surface area contributed by atoms with Crippen LogP contribution in [0.15, 0.2) is 34.8 Å². The van der Waals surface area contributed by atoms with E-state index >= 15 is 0 Å². The molecule has 0 aliphatic carbocycles. The smallest absolute Gasteiger partial charge is 0.123 e. The van der Waals surface area contributed by atoms with Crippen LogP contribution in [0.3, 0.4) is 0 Å². The molecule has 112 valence electrons. The van der Waals surface area contributed by atoms with Gasteiger partial charge in [0.2, 0.25) is 0 Å². The second kappa shape index (κ2) is 6.71. The van der Waals surface area contributed by atoms with Crippen LogP contribution in [-0.2, 0) is 6.42 Å². The van der Waals surface area contributed by atoms with Gasteiger partial charge < -0.3 is 5.32 Å². The van der Waals surface area contributed by atoms with Gasteiger partial charge in [-0.25, -0.2) is 4.39 Å². The SMILES string of the molecule is CNC(Cc1c(C)cc(C)cc1C)c1cc(F)ccc1Br. The van der Waals surface area contributed by atoms with Gasteiger partial charge in [-0.2, -0.15) is 0 Å². The predicted molar refractivity (Wildman–Crippen MR) is 90.3 cm³/mol. The first kappa shape index (κ1) is 16.2. The average molecular weight is 350 g/mol. The molecule has 0 fully saturated rings. The molecule has 0 radical (unpaired) electrons. The molecule has 2 aromatic carbocycles. The summed E-state index contributed by atoms with van der Waals surface area (Å²) in [4.78, 5) is 0. The lowest BCUT2D eigenvalue weighted by molar-refractivity contribution is 0.573. The van der Waals surface area contributed by atoms with Gasteiger partial charge in [0.25, 0.3) is 0 Å². The number of hydrogen-bond acceptors (Lipinski definition) is 1. The molecule has 0 aromatic heterocycles. The van der Waals surface area contributed by atoms with Crippen LogP contribution in [0.2, 0.25) is 0 Å². The molecule has 0 bridgehead atoms. The van der Waals surface area contributed by atoms with Crippen molar-refractivity contribution in [3.05, 3.63) is 68.4 Å². The third-order valence-electron chi connectivity index (χ3n) is 3.93. The van der Waals surface area contributed by atoms with Crippen molar-refractivity contribution in [3.8, 4) is 0 Å². The highest BCUT2D eigenvalue weighted by Crippen LogP contribution is 2.29. The first-order valence-electron chi connectivity index (χ1n) is 7.11. The molecule has 1 unspecified atom stereocenters. The summed E-state index contributed by atoms with van der Waals surface area (Å²) in [7, 11) is 1.92. The van der Waals surface area contributed by atoms with E-state index in [4.69, 9.17) is 0 Å². The van der Waals surface area contributed by atoms with E-state index in [0.29, 0.717) is 0 Å². The zero-order valence-electron chi connectivity index (χ0n) is 12.9. The Balaban J connectivity index is 2.38. The molecular weight excluding hydrogens is 329 g/mol. The second-order valence-corrected chi connectivity index (χ2v) is 6.44. The molecule has 2 aromatic rings. The van der Waals surface area contributed by atoms with Gasteiger partial charge in [-0.3, -0.25) is 0 Å². The van der Waals surface area contributed by atoms with Crippen molar-refractivity contribution in [1.82, 2.24) is 5.32 Å². The minimum Gasteiger partial charge on any atom is -0.313 e. The summed E-state index contributed by atoms with van der Waals surface area (Å²) in [6.07, 6.45) is 0.844. The van der Waals surface area contributed by atoms with E-state index in [1.165, 1.54) is 28.3 Å².